The van der Waals surface area contributed by atoms with E-state index in [2.05, 4.69) is 15.6 Å². The summed E-state index contributed by atoms with van der Waals surface area (Å²) in [6.07, 6.45) is 6.33. The number of amides is 1. The lowest BCUT2D eigenvalue weighted by atomic mass is 10.3. The van der Waals surface area contributed by atoms with Crippen molar-refractivity contribution in [3.05, 3.63) is 52.4 Å². The third-order valence-electron chi connectivity index (χ3n) is 2.13. The number of benzene rings is 1. The van der Waals surface area contributed by atoms with Gasteiger partial charge in [-0.1, -0.05) is 23.2 Å². The quantitative estimate of drug-likeness (QED) is 0.876. The largest absolute Gasteiger partial charge is 0.356 e. The fourth-order valence-electron chi connectivity index (χ4n) is 1.28. The van der Waals surface area contributed by atoms with E-state index in [9.17, 15) is 4.79 Å². The van der Waals surface area contributed by atoms with Crippen molar-refractivity contribution in [1.82, 2.24) is 5.32 Å². The molecule has 4 nitrogen and oxygen atoms in total. The van der Waals surface area contributed by atoms with Crippen molar-refractivity contribution in [3.63, 3.8) is 0 Å². The van der Waals surface area contributed by atoms with Gasteiger partial charge < -0.3 is 10.6 Å². The lowest BCUT2D eigenvalue weighted by Crippen LogP contribution is -2.22. The number of carbonyl (C=O) groups excluding carboxylic acids is 1. The van der Waals surface area contributed by atoms with Crippen molar-refractivity contribution < 1.29 is 4.79 Å². The number of halogens is 2. The van der Waals surface area contributed by atoms with Crippen molar-refractivity contribution in [3.8, 4) is 0 Å². The van der Waals surface area contributed by atoms with Crippen LogP contribution >= 0.6 is 23.2 Å². The fourth-order valence-corrected chi connectivity index (χ4v) is 1.58. The minimum atomic E-state index is -0.308. The average Bonchev–Trinajstić information content (AvgIpc) is 2.62. The van der Waals surface area contributed by atoms with Crippen molar-refractivity contribution >= 4 is 41.0 Å². The van der Waals surface area contributed by atoms with E-state index in [1.807, 2.05) is 0 Å². The molecule has 1 aliphatic heterocycles. The average molecular weight is 282 g/mol. The van der Waals surface area contributed by atoms with Crippen LogP contribution in [0.25, 0.3) is 0 Å². The van der Waals surface area contributed by atoms with Crippen LogP contribution in [-0.2, 0) is 4.79 Å². The maximum absolute atomic E-state index is 11.9. The van der Waals surface area contributed by atoms with E-state index in [0.717, 1.165) is 0 Å². The fraction of sp³-hybridized carbons (Fsp3) is 0. The highest BCUT2D eigenvalue weighted by Gasteiger charge is 2.09. The molecule has 18 heavy (non-hydrogen) atoms. The monoisotopic (exact) mass is 281 g/mol. The summed E-state index contributed by atoms with van der Waals surface area (Å²) in [6, 6.07) is 4.87. The van der Waals surface area contributed by atoms with Gasteiger partial charge in [0.1, 0.15) is 5.70 Å². The van der Waals surface area contributed by atoms with E-state index in [-0.39, 0.29) is 5.91 Å². The van der Waals surface area contributed by atoms with Gasteiger partial charge in [-0.15, -0.1) is 0 Å². The summed E-state index contributed by atoms with van der Waals surface area (Å²) in [5.74, 6) is -0.308. The normalized spacial score (nSPS) is 13.6. The van der Waals surface area contributed by atoms with E-state index < -0.39 is 0 Å². The molecule has 0 saturated heterocycles. The Hall–Kier alpha value is -1.78. The Kier molecular flexibility index (Phi) is 4.02. The van der Waals surface area contributed by atoms with E-state index in [1.165, 1.54) is 6.20 Å². The minimum absolute atomic E-state index is 0.308. The summed E-state index contributed by atoms with van der Waals surface area (Å²) in [5.41, 5.74) is 0.903. The van der Waals surface area contributed by atoms with Gasteiger partial charge in [0.05, 0.1) is 16.2 Å². The molecule has 0 bridgehead atoms. The van der Waals surface area contributed by atoms with Crippen LogP contribution in [0.15, 0.2) is 47.4 Å². The van der Waals surface area contributed by atoms with Crippen LogP contribution in [0.3, 0.4) is 0 Å². The molecule has 2 N–H and O–H groups in total. The van der Waals surface area contributed by atoms with Crippen LogP contribution in [0.2, 0.25) is 10.0 Å². The van der Waals surface area contributed by atoms with Gasteiger partial charge in [0.15, 0.2) is 0 Å². The van der Waals surface area contributed by atoms with Crippen LogP contribution < -0.4 is 10.6 Å². The number of hydrogen-bond donors (Lipinski definition) is 2. The Morgan fingerprint density at radius 3 is 2.89 bits per heavy atom. The molecule has 0 fully saturated rings. The molecule has 6 heteroatoms. The highest BCUT2D eigenvalue weighted by molar-refractivity contribution is 6.42. The number of rotatable bonds is 2. The molecule has 1 aromatic rings. The molecular weight excluding hydrogens is 273 g/mol. The Morgan fingerprint density at radius 1 is 1.28 bits per heavy atom. The smallest absolute Gasteiger partial charge is 0.273 e. The molecule has 1 heterocycles. The number of aliphatic imine (C=N–C) groups is 1. The van der Waals surface area contributed by atoms with Crippen LogP contribution in [0, 0.1) is 0 Å². The summed E-state index contributed by atoms with van der Waals surface area (Å²) in [6.45, 7) is 0. The second kappa shape index (κ2) is 5.71. The van der Waals surface area contributed by atoms with Crippen LogP contribution in [0.5, 0.6) is 0 Å². The van der Waals surface area contributed by atoms with Crippen molar-refractivity contribution in [2.75, 3.05) is 5.32 Å². The van der Waals surface area contributed by atoms with Gasteiger partial charge in [-0.05, 0) is 24.3 Å². The number of allylic oxidation sites excluding steroid dienone is 1. The summed E-state index contributed by atoms with van der Waals surface area (Å²) in [5, 5.41) is 6.32. The lowest BCUT2D eigenvalue weighted by molar-refractivity contribution is -0.113. The highest BCUT2D eigenvalue weighted by Crippen LogP contribution is 2.25. The number of anilines is 1. The first-order chi connectivity index (χ1) is 8.66. The molecule has 1 aromatic carbocycles. The molecule has 92 valence electrons. The van der Waals surface area contributed by atoms with Crippen molar-refractivity contribution in [1.29, 1.82) is 0 Å². The first kappa shape index (κ1) is 12.7. The van der Waals surface area contributed by atoms with Crippen molar-refractivity contribution in [2.45, 2.75) is 0 Å². The molecule has 0 unspecified atom stereocenters. The number of nitrogens with zero attached hydrogens (tertiary/aromatic N) is 1. The number of hydrogen-bond acceptors (Lipinski definition) is 3. The Bertz CT molecular complexity index is 564. The maximum atomic E-state index is 11.9. The Labute approximate surface area is 114 Å². The predicted molar refractivity (Wildman–Crippen MR) is 73.9 cm³/mol. The zero-order valence-corrected chi connectivity index (χ0v) is 10.7. The second-order valence-corrected chi connectivity index (χ2v) is 4.24. The van der Waals surface area contributed by atoms with Crippen molar-refractivity contribution in [2.24, 2.45) is 4.99 Å². The standard InChI is InChI=1S/C12H9Cl2N3O/c13-9-3-2-8(6-10(9)14)17-12(18)11-7-15-4-1-5-16-11/h1-7,16H,(H,17,18). The number of carbonyl (C=O) groups is 1. The molecule has 1 amide bonds. The van der Waals surface area contributed by atoms with Crippen LogP contribution in [-0.4, -0.2) is 12.1 Å². The van der Waals surface area contributed by atoms with Gasteiger partial charge in [-0.2, -0.15) is 0 Å². The third kappa shape index (κ3) is 3.12. The molecule has 0 spiro atoms. The zero-order chi connectivity index (χ0) is 13.0. The summed E-state index contributed by atoms with van der Waals surface area (Å²) >= 11 is 11.7. The van der Waals surface area contributed by atoms with Gasteiger partial charge >= 0.3 is 0 Å². The molecule has 0 aromatic heterocycles. The first-order valence-electron chi connectivity index (χ1n) is 5.08. The van der Waals surface area contributed by atoms with E-state index in [1.54, 1.807) is 36.7 Å². The molecule has 0 radical (unpaired) electrons. The maximum Gasteiger partial charge on any atom is 0.273 e. The first-order valence-corrected chi connectivity index (χ1v) is 5.84. The molecule has 1 aliphatic rings. The van der Waals surface area contributed by atoms with Gasteiger partial charge in [-0.25, -0.2) is 0 Å². The number of nitrogens with one attached hydrogen (secondary N) is 2. The molecule has 0 aliphatic carbocycles. The van der Waals surface area contributed by atoms with E-state index in [4.69, 9.17) is 23.2 Å². The Balaban J connectivity index is 2.11. The van der Waals surface area contributed by atoms with E-state index in [0.29, 0.717) is 21.4 Å². The highest BCUT2D eigenvalue weighted by atomic mass is 35.5. The summed E-state index contributed by atoms with van der Waals surface area (Å²) in [4.78, 5) is 15.8. The van der Waals surface area contributed by atoms with Crippen LogP contribution in [0.1, 0.15) is 0 Å². The lowest BCUT2D eigenvalue weighted by Gasteiger charge is -2.08. The third-order valence-corrected chi connectivity index (χ3v) is 2.87. The van der Waals surface area contributed by atoms with Gasteiger partial charge in [-0.3, -0.25) is 9.79 Å². The predicted octanol–water partition coefficient (Wildman–Crippen LogP) is 2.96. The summed E-state index contributed by atoms with van der Waals surface area (Å²) in [7, 11) is 0. The molecular formula is C12H9Cl2N3O. The van der Waals surface area contributed by atoms with Crippen LogP contribution in [0.4, 0.5) is 5.69 Å². The van der Waals surface area contributed by atoms with E-state index >= 15 is 0 Å². The Morgan fingerprint density at radius 2 is 2.11 bits per heavy atom. The second-order valence-electron chi connectivity index (χ2n) is 3.43. The minimum Gasteiger partial charge on any atom is -0.356 e. The SMILES string of the molecule is O=C(Nc1ccc(Cl)c(Cl)c1)C1=CN=CC=CN1. The zero-order valence-electron chi connectivity index (χ0n) is 9.15. The summed E-state index contributed by atoms with van der Waals surface area (Å²) < 4.78 is 0. The van der Waals surface area contributed by atoms with Gasteiger partial charge in [0.25, 0.3) is 5.91 Å². The molecule has 0 atom stereocenters. The van der Waals surface area contributed by atoms with Gasteiger partial charge in [0.2, 0.25) is 0 Å². The molecule has 2 rings (SSSR count). The van der Waals surface area contributed by atoms with Gasteiger partial charge in [0, 0.05) is 18.1 Å². The topological polar surface area (TPSA) is 53.5 Å². The molecule has 0 saturated carbocycles.